The third kappa shape index (κ3) is 3.34. The molecular weight excluding hydrogens is 356 g/mol. The highest BCUT2D eigenvalue weighted by molar-refractivity contribution is 7.94. The fourth-order valence-corrected chi connectivity index (χ4v) is 4.99. The van der Waals surface area contributed by atoms with Gasteiger partial charge in [0.05, 0.1) is 16.8 Å². The van der Waals surface area contributed by atoms with Crippen LogP contribution in [0.3, 0.4) is 0 Å². The molecule has 130 valence electrons. The zero-order chi connectivity index (χ0) is 17.4. The quantitative estimate of drug-likeness (QED) is 0.682. The summed E-state index contributed by atoms with van der Waals surface area (Å²) in [5.41, 5.74) is 1.59. The van der Waals surface area contributed by atoms with E-state index in [1.807, 2.05) is 25.1 Å². The van der Waals surface area contributed by atoms with Crippen molar-refractivity contribution in [3.05, 3.63) is 54.0 Å². The van der Waals surface area contributed by atoms with Crippen molar-refractivity contribution in [3.8, 4) is 10.6 Å². The second kappa shape index (κ2) is 6.31. The van der Waals surface area contributed by atoms with Gasteiger partial charge in [-0.3, -0.25) is 4.72 Å². The summed E-state index contributed by atoms with van der Waals surface area (Å²) in [6.45, 7) is 2.00. The molecule has 1 aliphatic carbocycles. The third-order valence-corrected chi connectivity index (χ3v) is 7.14. The van der Waals surface area contributed by atoms with Gasteiger partial charge in [0.2, 0.25) is 0 Å². The molecule has 2 heterocycles. The number of nitrogens with one attached hydrogen (secondary N) is 1. The van der Waals surface area contributed by atoms with Crippen molar-refractivity contribution in [1.82, 2.24) is 4.98 Å². The number of benzene rings is 1. The molecule has 2 aromatic heterocycles. The van der Waals surface area contributed by atoms with Gasteiger partial charge in [-0.2, -0.15) is 0 Å². The summed E-state index contributed by atoms with van der Waals surface area (Å²) >= 11 is 1.19. The summed E-state index contributed by atoms with van der Waals surface area (Å²) in [5, 5.41) is 0. The van der Waals surface area contributed by atoms with Crippen LogP contribution in [0.2, 0.25) is 0 Å². The van der Waals surface area contributed by atoms with Crippen LogP contribution in [0.5, 0.6) is 0 Å². The first-order chi connectivity index (χ1) is 12.1. The summed E-state index contributed by atoms with van der Waals surface area (Å²) < 4.78 is 34.1. The van der Waals surface area contributed by atoms with Crippen molar-refractivity contribution in [1.29, 1.82) is 0 Å². The topological polar surface area (TPSA) is 72.2 Å². The van der Waals surface area contributed by atoms with Crippen molar-refractivity contribution in [2.45, 2.75) is 36.3 Å². The summed E-state index contributed by atoms with van der Waals surface area (Å²) in [7, 11) is -3.62. The van der Waals surface area contributed by atoms with E-state index < -0.39 is 10.0 Å². The first-order valence-corrected chi connectivity index (χ1v) is 10.5. The lowest BCUT2D eigenvalue weighted by atomic mass is 10.1. The molecule has 0 atom stereocenters. The Morgan fingerprint density at radius 2 is 2.04 bits per heavy atom. The van der Waals surface area contributed by atoms with E-state index in [-0.39, 0.29) is 4.21 Å². The van der Waals surface area contributed by atoms with Crippen LogP contribution in [-0.4, -0.2) is 13.4 Å². The molecule has 1 N–H and O–H groups in total. The van der Waals surface area contributed by atoms with Gasteiger partial charge >= 0.3 is 0 Å². The first kappa shape index (κ1) is 16.4. The minimum Gasteiger partial charge on any atom is -0.440 e. The molecule has 0 spiro atoms. The molecule has 0 unspecified atom stereocenters. The predicted octanol–water partition coefficient (Wildman–Crippen LogP) is 4.64. The number of thiophene rings is 1. The Morgan fingerprint density at radius 3 is 2.80 bits per heavy atom. The van der Waals surface area contributed by atoms with Crippen molar-refractivity contribution in [3.63, 3.8) is 0 Å². The average Bonchev–Trinajstić information content (AvgIpc) is 3.12. The lowest BCUT2D eigenvalue weighted by Crippen LogP contribution is -2.12. The SMILES string of the molecule is CCc1ccccc1NS(=O)(=O)c1ccc(-c2cnc(C3CC3)o2)s1. The molecule has 0 saturated heterocycles. The largest absolute Gasteiger partial charge is 0.440 e. The van der Waals surface area contributed by atoms with Gasteiger partial charge < -0.3 is 4.42 Å². The molecule has 1 fully saturated rings. The Hall–Kier alpha value is -2.12. The second-order valence-electron chi connectivity index (χ2n) is 6.07. The minimum atomic E-state index is -3.62. The number of rotatable bonds is 6. The van der Waals surface area contributed by atoms with Gasteiger partial charge in [-0.15, -0.1) is 11.3 Å². The normalized spacial score (nSPS) is 14.6. The number of oxazole rings is 1. The van der Waals surface area contributed by atoms with Crippen LogP contribution in [0.25, 0.3) is 10.6 Å². The molecule has 1 aromatic carbocycles. The molecule has 0 radical (unpaired) electrons. The number of anilines is 1. The van der Waals surface area contributed by atoms with Gasteiger partial charge in [-0.05, 0) is 43.0 Å². The van der Waals surface area contributed by atoms with E-state index in [1.165, 1.54) is 11.3 Å². The van der Waals surface area contributed by atoms with E-state index in [0.717, 1.165) is 35.6 Å². The zero-order valence-corrected chi connectivity index (χ0v) is 15.4. The summed E-state index contributed by atoms with van der Waals surface area (Å²) in [4.78, 5) is 5.06. The molecule has 3 aromatic rings. The van der Waals surface area contributed by atoms with Crippen LogP contribution in [0.15, 0.2) is 51.2 Å². The molecule has 0 aliphatic heterocycles. The second-order valence-corrected chi connectivity index (χ2v) is 9.06. The Morgan fingerprint density at radius 1 is 1.24 bits per heavy atom. The van der Waals surface area contributed by atoms with E-state index in [1.54, 1.807) is 24.4 Å². The lowest BCUT2D eigenvalue weighted by molar-refractivity contribution is 0.510. The maximum atomic E-state index is 12.7. The van der Waals surface area contributed by atoms with Gasteiger partial charge in [0.15, 0.2) is 11.7 Å². The van der Waals surface area contributed by atoms with Crippen LogP contribution < -0.4 is 4.72 Å². The number of sulfonamides is 1. The first-order valence-electron chi connectivity index (χ1n) is 8.23. The third-order valence-electron chi connectivity index (χ3n) is 4.18. The summed E-state index contributed by atoms with van der Waals surface area (Å²) in [5.74, 6) is 1.81. The van der Waals surface area contributed by atoms with Gasteiger partial charge in [0.25, 0.3) is 10.0 Å². The minimum absolute atomic E-state index is 0.262. The van der Waals surface area contributed by atoms with Crippen LogP contribution in [-0.2, 0) is 16.4 Å². The Bertz CT molecular complexity index is 1000. The number of aromatic nitrogens is 1. The molecule has 0 amide bonds. The Labute approximate surface area is 150 Å². The Kier molecular flexibility index (Phi) is 4.13. The fourth-order valence-electron chi connectivity index (χ4n) is 2.64. The number of hydrogen-bond acceptors (Lipinski definition) is 5. The van der Waals surface area contributed by atoms with Crippen molar-refractivity contribution >= 4 is 27.0 Å². The lowest BCUT2D eigenvalue weighted by Gasteiger charge is -2.10. The molecule has 25 heavy (non-hydrogen) atoms. The maximum absolute atomic E-state index is 12.7. The van der Waals surface area contributed by atoms with E-state index in [2.05, 4.69) is 9.71 Å². The van der Waals surface area contributed by atoms with Gasteiger partial charge in [0.1, 0.15) is 4.21 Å². The van der Waals surface area contributed by atoms with E-state index in [0.29, 0.717) is 17.4 Å². The highest BCUT2D eigenvalue weighted by Crippen LogP contribution is 2.41. The average molecular weight is 374 g/mol. The predicted molar refractivity (Wildman–Crippen MR) is 98.4 cm³/mol. The van der Waals surface area contributed by atoms with Crippen LogP contribution in [0.4, 0.5) is 5.69 Å². The number of para-hydroxylation sites is 1. The molecule has 1 aliphatic rings. The van der Waals surface area contributed by atoms with E-state index in [4.69, 9.17) is 4.42 Å². The summed E-state index contributed by atoms with van der Waals surface area (Å²) in [6.07, 6.45) is 4.67. The number of hydrogen-bond donors (Lipinski definition) is 1. The monoisotopic (exact) mass is 374 g/mol. The number of aryl methyl sites for hydroxylation is 1. The van der Waals surface area contributed by atoms with Gasteiger partial charge in [-0.1, -0.05) is 25.1 Å². The van der Waals surface area contributed by atoms with Crippen molar-refractivity contribution in [2.75, 3.05) is 4.72 Å². The number of nitrogens with zero attached hydrogens (tertiary/aromatic N) is 1. The molecular formula is C18H18N2O3S2. The van der Waals surface area contributed by atoms with E-state index in [9.17, 15) is 8.42 Å². The highest BCUT2D eigenvalue weighted by Gasteiger charge is 2.29. The van der Waals surface area contributed by atoms with Crippen LogP contribution in [0, 0.1) is 0 Å². The maximum Gasteiger partial charge on any atom is 0.271 e. The summed E-state index contributed by atoms with van der Waals surface area (Å²) in [6, 6.07) is 10.8. The van der Waals surface area contributed by atoms with Crippen molar-refractivity contribution in [2.24, 2.45) is 0 Å². The van der Waals surface area contributed by atoms with Crippen LogP contribution >= 0.6 is 11.3 Å². The highest BCUT2D eigenvalue weighted by atomic mass is 32.2. The standard InChI is InChI=1S/C18H18N2O3S2/c1-2-12-5-3-4-6-14(12)20-25(21,22)17-10-9-16(24-17)15-11-19-18(23-15)13-7-8-13/h3-6,9-11,13,20H,2,7-8H2,1H3. The fraction of sp³-hybridized carbons (Fsp3) is 0.278. The molecule has 0 bridgehead atoms. The van der Waals surface area contributed by atoms with Crippen LogP contribution in [0.1, 0.15) is 37.1 Å². The Balaban J connectivity index is 1.59. The van der Waals surface area contributed by atoms with Gasteiger partial charge in [0, 0.05) is 5.92 Å². The smallest absolute Gasteiger partial charge is 0.271 e. The molecule has 1 saturated carbocycles. The van der Waals surface area contributed by atoms with Gasteiger partial charge in [-0.25, -0.2) is 13.4 Å². The zero-order valence-electron chi connectivity index (χ0n) is 13.7. The molecule has 5 nitrogen and oxygen atoms in total. The molecule has 7 heteroatoms. The molecule has 4 rings (SSSR count). The van der Waals surface area contributed by atoms with Crippen molar-refractivity contribution < 1.29 is 12.8 Å². The van der Waals surface area contributed by atoms with E-state index >= 15 is 0 Å².